The number of hydrogen-bond donors (Lipinski definition) is 1. The average molecular weight is 398 g/mol. The Kier molecular flexibility index (Phi) is 5.77. The number of hydrogen-bond acceptors (Lipinski definition) is 3. The zero-order valence-electron chi connectivity index (χ0n) is 17.0. The standard InChI is InChI=1S/C23H27NO3S/c1-15(2)21-14-22(16(3)12-23(21)27-5)17(4)24-28(25,26)20-11-10-18-8-6-7-9-19(18)13-20/h6-15,17,24H,1-5H3. The SMILES string of the molecule is COc1cc(C)c(C(C)NS(=O)(=O)c2ccc3ccccc3c2)cc1C(C)C. The van der Waals surface area contributed by atoms with Gasteiger partial charge in [-0.25, -0.2) is 13.1 Å². The molecular formula is C23H27NO3S. The summed E-state index contributed by atoms with van der Waals surface area (Å²) in [4.78, 5) is 0.272. The van der Waals surface area contributed by atoms with Crippen LogP contribution in [0.3, 0.4) is 0 Å². The first-order chi connectivity index (χ1) is 13.2. The number of aryl methyl sites for hydroxylation is 1. The maximum atomic E-state index is 13.0. The van der Waals surface area contributed by atoms with E-state index in [1.807, 2.05) is 56.3 Å². The van der Waals surface area contributed by atoms with Gasteiger partial charge >= 0.3 is 0 Å². The van der Waals surface area contributed by atoms with Crippen molar-refractivity contribution in [1.29, 1.82) is 0 Å². The largest absolute Gasteiger partial charge is 0.496 e. The Morgan fingerprint density at radius 2 is 1.57 bits per heavy atom. The molecule has 5 heteroatoms. The van der Waals surface area contributed by atoms with Crippen LogP contribution in [0.15, 0.2) is 59.5 Å². The highest BCUT2D eigenvalue weighted by atomic mass is 32.2. The van der Waals surface area contributed by atoms with Crippen LogP contribution in [-0.2, 0) is 10.0 Å². The number of methoxy groups -OCH3 is 1. The van der Waals surface area contributed by atoms with Gasteiger partial charge in [0.05, 0.1) is 12.0 Å². The fraction of sp³-hybridized carbons (Fsp3) is 0.304. The van der Waals surface area contributed by atoms with Crippen LogP contribution in [0, 0.1) is 6.92 Å². The van der Waals surface area contributed by atoms with E-state index in [1.165, 1.54) is 0 Å². The molecule has 0 aliphatic rings. The Labute approximate surface area is 167 Å². The second-order valence-corrected chi connectivity index (χ2v) is 9.17. The Hall–Kier alpha value is -2.37. The highest BCUT2D eigenvalue weighted by Crippen LogP contribution is 2.32. The van der Waals surface area contributed by atoms with Crippen LogP contribution < -0.4 is 9.46 Å². The Morgan fingerprint density at radius 1 is 0.893 bits per heavy atom. The summed E-state index contributed by atoms with van der Waals surface area (Å²) in [6.07, 6.45) is 0. The first-order valence-electron chi connectivity index (χ1n) is 9.42. The molecule has 28 heavy (non-hydrogen) atoms. The molecule has 0 amide bonds. The van der Waals surface area contributed by atoms with E-state index in [4.69, 9.17) is 4.74 Å². The molecule has 1 atom stereocenters. The predicted molar refractivity (Wildman–Crippen MR) is 115 cm³/mol. The van der Waals surface area contributed by atoms with Crippen molar-refractivity contribution in [3.05, 3.63) is 71.3 Å². The molecule has 0 aliphatic carbocycles. The van der Waals surface area contributed by atoms with Gasteiger partial charge in [0.2, 0.25) is 10.0 Å². The van der Waals surface area contributed by atoms with Crippen LogP contribution >= 0.6 is 0 Å². The zero-order valence-corrected chi connectivity index (χ0v) is 17.8. The normalized spacial score (nSPS) is 13.1. The lowest BCUT2D eigenvalue weighted by Crippen LogP contribution is -2.27. The fourth-order valence-corrected chi connectivity index (χ4v) is 4.77. The minimum atomic E-state index is -3.65. The molecule has 1 unspecified atom stereocenters. The summed E-state index contributed by atoms with van der Waals surface area (Å²) < 4.78 is 34.3. The maximum absolute atomic E-state index is 13.0. The van der Waals surface area contributed by atoms with Gasteiger partial charge in [-0.3, -0.25) is 0 Å². The Bertz CT molecular complexity index is 1100. The highest BCUT2D eigenvalue weighted by Gasteiger charge is 2.21. The number of benzene rings is 3. The van der Waals surface area contributed by atoms with Gasteiger partial charge in [-0.1, -0.05) is 44.2 Å². The summed E-state index contributed by atoms with van der Waals surface area (Å²) in [5.41, 5.74) is 3.02. The van der Waals surface area contributed by atoms with Gasteiger partial charge in [-0.15, -0.1) is 0 Å². The molecule has 4 nitrogen and oxygen atoms in total. The number of nitrogens with one attached hydrogen (secondary N) is 1. The molecule has 0 saturated heterocycles. The van der Waals surface area contributed by atoms with E-state index < -0.39 is 10.0 Å². The van der Waals surface area contributed by atoms with E-state index in [0.29, 0.717) is 0 Å². The molecule has 0 heterocycles. The summed E-state index contributed by atoms with van der Waals surface area (Å²) in [6.45, 7) is 8.04. The summed E-state index contributed by atoms with van der Waals surface area (Å²) in [6, 6.07) is 16.6. The van der Waals surface area contributed by atoms with E-state index in [0.717, 1.165) is 33.2 Å². The van der Waals surface area contributed by atoms with Gasteiger partial charge in [0.1, 0.15) is 5.75 Å². The number of sulfonamides is 1. The monoisotopic (exact) mass is 397 g/mol. The lowest BCUT2D eigenvalue weighted by molar-refractivity contribution is 0.406. The van der Waals surface area contributed by atoms with Crippen LogP contribution in [0.1, 0.15) is 49.4 Å². The number of rotatable bonds is 6. The molecule has 3 rings (SSSR count). The second-order valence-electron chi connectivity index (χ2n) is 7.46. The molecule has 3 aromatic carbocycles. The van der Waals surface area contributed by atoms with Crippen molar-refractivity contribution in [2.45, 2.75) is 44.6 Å². The third-order valence-electron chi connectivity index (χ3n) is 5.07. The molecule has 0 bridgehead atoms. The van der Waals surface area contributed by atoms with Crippen LogP contribution in [0.25, 0.3) is 10.8 Å². The fourth-order valence-electron chi connectivity index (χ4n) is 3.51. The first-order valence-corrected chi connectivity index (χ1v) is 10.9. The summed E-state index contributed by atoms with van der Waals surface area (Å²) in [7, 11) is -1.99. The van der Waals surface area contributed by atoms with Gasteiger partial charge in [-0.2, -0.15) is 0 Å². The van der Waals surface area contributed by atoms with Crippen molar-refractivity contribution < 1.29 is 13.2 Å². The average Bonchev–Trinajstić information content (AvgIpc) is 2.66. The Morgan fingerprint density at radius 3 is 2.21 bits per heavy atom. The molecule has 3 aromatic rings. The van der Waals surface area contributed by atoms with Crippen LogP contribution in [0.5, 0.6) is 5.75 Å². The lowest BCUT2D eigenvalue weighted by Gasteiger charge is -2.21. The molecule has 0 aliphatic heterocycles. The van der Waals surface area contributed by atoms with Crippen molar-refractivity contribution in [2.24, 2.45) is 0 Å². The van der Waals surface area contributed by atoms with Gasteiger partial charge in [0, 0.05) is 6.04 Å². The minimum absolute atomic E-state index is 0.272. The van der Waals surface area contributed by atoms with Crippen molar-refractivity contribution in [3.63, 3.8) is 0 Å². The molecule has 148 valence electrons. The summed E-state index contributed by atoms with van der Waals surface area (Å²) >= 11 is 0. The predicted octanol–water partition coefficient (Wildman–Crippen LogP) is 5.32. The van der Waals surface area contributed by atoms with Crippen LogP contribution in [-0.4, -0.2) is 15.5 Å². The van der Waals surface area contributed by atoms with E-state index in [9.17, 15) is 8.42 Å². The van der Waals surface area contributed by atoms with Crippen LogP contribution in [0.2, 0.25) is 0 Å². The lowest BCUT2D eigenvalue weighted by atomic mass is 9.94. The minimum Gasteiger partial charge on any atom is -0.496 e. The molecule has 0 spiro atoms. The van der Waals surface area contributed by atoms with Crippen molar-refractivity contribution in [1.82, 2.24) is 4.72 Å². The molecule has 0 radical (unpaired) electrons. The van der Waals surface area contributed by atoms with Gasteiger partial charge in [0.15, 0.2) is 0 Å². The topological polar surface area (TPSA) is 55.4 Å². The summed E-state index contributed by atoms with van der Waals surface area (Å²) in [5.74, 6) is 1.11. The highest BCUT2D eigenvalue weighted by molar-refractivity contribution is 7.89. The van der Waals surface area contributed by atoms with Gasteiger partial charge in [0.25, 0.3) is 0 Å². The smallest absolute Gasteiger partial charge is 0.241 e. The molecule has 0 fully saturated rings. The van der Waals surface area contributed by atoms with Crippen LogP contribution in [0.4, 0.5) is 0 Å². The van der Waals surface area contributed by atoms with Gasteiger partial charge < -0.3 is 4.74 Å². The molecule has 0 saturated carbocycles. The van der Waals surface area contributed by atoms with E-state index in [1.54, 1.807) is 19.2 Å². The third-order valence-corrected chi connectivity index (χ3v) is 6.61. The van der Waals surface area contributed by atoms with Gasteiger partial charge in [-0.05, 0) is 71.5 Å². The van der Waals surface area contributed by atoms with E-state index >= 15 is 0 Å². The number of fused-ring (bicyclic) bond motifs is 1. The van der Waals surface area contributed by atoms with Crippen molar-refractivity contribution >= 4 is 20.8 Å². The second kappa shape index (κ2) is 7.94. The zero-order chi connectivity index (χ0) is 20.5. The molecule has 0 aromatic heterocycles. The van der Waals surface area contributed by atoms with E-state index in [-0.39, 0.29) is 16.9 Å². The molecule has 1 N–H and O–H groups in total. The van der Waals surface area contributed by atoms with Crippen molar-refractivity contribution in [2.75, 3.05) is 7.11 Å². The van der Waals surface area contributed by atoms with E-state index in [2.05, 4.69) is 18.6 Å². The summed E-state index contributed by atoms with van der Waals surface area (Å²) in [5, 5.41) is 1.92. The maximum Gasteiger partial charge on any atom is 0.241 e. The Balaban J connectivity index is 1.94. The number of ether oxygens (including phenoxy) is 1. The van der Waals surface area contributed by atoms with Crippen molar-refractivity contribution in [3.8, 4) is 5.75 Å². The quantitative estimate of drug-likeness (QED) is 0.612. The molecular weight excluding hydrogens is 370 g/mol. The third kappa shape index (κ3) is 4.05. The first kappa shape index (κ1) is 20.4.